The zero-order valence-electron chi connectivity index (χ0n) is 15.0. The van der Waals surface area contributed by atoms with Gasteiger partial charge in [-0.15, -0.1) is 0 Å². The zero-order valence-corrected chi connectivity index (χ0v) is 15.0. The van der Waals surface area contributed by atoms with Gasteiger partial charge in [-0.2, -0.15) is 4.98 Å². The molecule has 8 nitrogen and oxygen atoms in total. The predicted molar refractivity (Wildman–Crippen MR) is 94.4 cm³/mol. The largest absolute Gasteiger partial charge is 0.459 e. The summed E-state index contributed by atoms with van der Waals surface area (Å²) in [6, 6.07) is 8.85. The van der Waals surface area contributed by atoms with Crippen molar-refractivity contribution >= 4 is 5.91 Å². The molecule has 0 atom stereocenters. The molecule has 0 unspecified atom stereocenters. The Bertz CT molecular complexity index is 933. The molecule has 140 valence electrons. The second-order valence-corrected chi connectivity index (χ2v) is 6.40. The normalized spacial score (nSPS) is 12.6. The fourth-order valence-electron chi connectivity index (χ4n) is 2.86. The van der Waals surface area contributed by atoms with Crippen LogP contribution in [0.4, 0.5) is 0 Å². The van der Waals surface area contributed by atoms with Crippen molar-refractivity contribution in [1.82, 2.24) is 15.0 Å². The Labute approximate surface area is 155 Å². The number of aromatic nitrogens is 2. The van der Waals surface area contributed by atoms with E-state index in [9.17, 15) is 4.79 Å². The second kappa shape index (κ2) is 7.14. The summed E-state index contributed by atoms with van der Waals surface area (Å²) in [5, 5.41) is 4.03. The smallest absolute Gasteiger partial charge is 0.289 e. The van der Waals surface area contributed by atoms with Crippen molar-refractivity contribution in [2.24, 2.45) is 0 Å². The van der Waals surface area contributed by atoms with E-state index in [-0.39, 0.29) is 18.7 Å². The maximum Gasteiger partial charge on any atom is 0.289 e. The van der Waals surface area contributed by atoms with Crippen molar-refractivity contribution in [1.29, 1.82) is 0 Å². The molecule has 1 aliphatic heterocycles. The first-order chi connectivity index (χ1) is 13.1. The van der Waals surface area contributed by atoms with Crippen LogP contribution in [0.25, 0.3) is 11.4 Å². The van der Waals surface area contributed by atoms with Gasteiger partial charge in [-0.1, -0.05) is 5.16 Å². The number of rotatable bonds is 6. The van der Waals surface area contributed by atoms with Crippen LogP contribution in [0, 0.1) is 0 Å². The Morgan fingerprint density at radius 3 is 2.85 bits per heavy atom. The summed E-state index contributed by atoms with van der Waals surface area (Å²) in [4.78, 5) is 18.7. The van der Waals surface area contributed by atoms with Crippen molar-refractivity contribution in [2.75, 3.05) is 13.3 Å². The number of benzene rings is 1. The number of carbonyl (C=O) groups is 1. The minimum atomic E-state index is -0.162. The molecule has 8 heteroatoms. The van der Waals surface area contributed by atoms with Gasteiger partial charge in [0.05, 0.1) is 6.26 Å². The molecule has 1 amide bonds. The van der Waals surface area contributed by atoms with E-state index in [0.717, 1.165) is 5.56 Å². The van der Waals surface area contributed by atoms with Gasteiger partial charge in [-0.05, 0) is 44.2 Å². The topological polar surface area (TPSA) is 90.8 Å². The summed E-state index contributed by atoms with van der Waals surface area (Å²) >= 11 is 0. The highest BCUT2D eigenvalue weighted by atomic mass is 16.7. The van der Waals surface area contributed by atoms with E-state index in [4.69, 9.17) is 18.4 Å². The van der Waals surface area contributed by atoms with Crippen LogP contribution in [0.2, 0.25) is 0 Å². The van der Waals surface area contributed by atoms with Gasteiger partial charge in [0.2, 0.25) is 18.5 Å². The number of hydrogen-bond donors (Lipinski definition) is 0. The molecule has 0 saturated heterocycles. The van der Waals surface area contributed by atoms with E-state index >= 15 is 0 Å². The van der Waals surface area contributed by atoms with Gasteiger partial charge in [-0.3, -0.25) is 4.79 Å². The number of ether oxygens (including phenoxy) is 2. The molecule has 3 aromatic rings. The number of carbonyl (C=O) groups excluding carboxylic acids is 1. The van der Waals surface area contributed by atoms with E-state index in [1.165, 1.54) is 6.26 Å². The van der Waals surface area contributed by atoms with E-state index in [1.807, 2.05) is 32.0 Å². The Hall–Kier alpha value is -3.29. The lowest BCUT2D eigenvalue weighted by Gasteiger charge is -2.25. The third-order valence-electron chi connectivity index (χ3n) is 4.28. The lowest BCUT2D eigenvalue weighted by molar-refractivity contribution is 0.0671. The number of nitrogens with zero attached hydrogens (tertiary/aromatic N) is 3. The highest BCUT2D eigenvalue weighted by Gasteiger charge is 2.22. The highest BCUT2D eigenvalue weighted by Crippen LogP contribution is 2.35. The average Bonchev–Trinajstić information content (AvgIpc) is 3.41. The molecule has 0 saturated carbocycles. The number of fused-ring (bicyclic) bond motifs is 1. The summed E-state index contributed by atoms with van der Waals surface area (Å²) in [7, 11) is 0. The van der Waals surface area contributed by atoms with Crippen LogP contribution in [-0.4, -0.2) is 40.3 Å². The summed E-state index contributed by atoms with van der Waals surface area (Å²) < 4.78 is 21.2. The van der Waals surface area contributed by atoms with Gasteiger partial charge in [0.1, 0.15) is 0 Å². The fraction of sp³-hybridized carbons (Fsp3) is 0.316. The van der Waals surface area contributed by atoms with Gasteiger partial charge in [0.25, 0.3) is 5.91 Å². The van der Waals surface area contributed by atoms with E-state index in [0.29, 0.717) is 41.9 Å². The van der Waals surface area contributed by atoms with Crippen LogP contribution in [0.3, 0.4) is 0 Å². The van der Waals surface area contributed by atoms with Gasteiger partial charge in [-0.25, -0.2) is 0 Å². The van der Waals surface area contributed by atoms with Crippen molar-refractivity contribution in [3.05, 3.63) is 48.2 Å². The van der Waals surface area contributed by atoms with Crippen molar-refractivity contribution in [3.8, 4) is 22.9 Å². The molecule has 0 N–H and O–H groups in total. The van der Waals surface area contributed by atoms with Crippen LogP contribution in [0.5, 0.6) is 11.5 Å². The SMILES string of the molecule is CC(C)N(CCc1nc(-c2ccc3c(c2)OCO3)no1)C(=O)c1ccco1. The monoisotopic (exact) mass is 369 g/mol. The zero-order chi connectivity index (χ0) is 18.8. The molecule has 0 fully saturated rings. The molecular weight excluding hydrogens is 350 g/mol. The van der Waals surface area contributed by atoms with Gasteiger partial charge in [0.15, 0.2) is 17.3 Å². The minimum Gasteiger partial charge on any atom is -0.459 e. The molecule has 0 bridgehead atoms. The molecular formula is C19H19N3O5. The maximum absolute atomic E-state index is 12.5. The van der Waals surface area contributed by atoms with E-state index in [1.54, 1.807) is 17.0 Å². The predicted octanol–water partition coefficient (Wildman–Crippen LogP) is 3.15. The Morgan fingerprint density at radius 2 is 2.07 bits per heavy atom. The van der Waals surface area contributed by atoms with Crippen LogP contribution in [0.15, 0.2) is 45.5 Å². The van der Waals surface area contributed by atoms with Crippen molar-refractivity contribution < 1.29 is 23.2 Å². The summed E-state index contributed by atoms with van der Waals surface area (Å²) in [5.41, 5.74) is 0.779. The summed E-state index contributed by atoms with van der Waals surface area (Å²) in [6.45, 7) is 4.56. The third kappa shape index (κ3) is 3.51. The van der Waals surface area contributed by atoms with Gasteiger partial charge in [0, 0.05) is 24.6 Å². The van der Waals surface area contributed by atoms with E-state index in [2.05, 4.69) is 10.1 Å². The third-order valence-corrected chi connectivity index (χ3v) is 4.28. The average molecular weight is 369 g/mol. The van der Waals surface area contributed by atoms with Crippen LogP contribution < -0.4 is 9.47 Å². The first-order valence-corrected chi connectivity index (χ1v) is 8.69. The Balaban J connectivity index is 1.45. The number of amides is 1. The van der Waals surface area contributed by atoms with Crippen LogP contribution >= 0.6 is 0 Å². The quantitative estimate of drug-likeness (QED) is 0.659. The minimum absolute atomic E-state index is 0.0128. The summed E-state index contributed by atoms with van der Waals surface area (Å²) in [6.07, 6.45) is 1.93. The molecule has 3 heterocycles. The molecule has 1 aromatic carbocycles. The second-order valence-electron chi connectivity index (χ2n) is 6.40. The van der Waals surface area contributed by atoms with Crippen molar-refractivity contribution in [3.63, 3.8) is 0 Å². The summed E-state index contributed by atoms with van der Waals surface area (Å²) in [5.74, 6) is 2.44. The van der Waals surface area contributed by atoms with E-state index < -0.39 is 0 Å². The van der Waals surface area contributed by atoms with Gasteiger partial charge >= 0.3 is 0 Å². The number of furan rings is 1. The van der Waals surface area contributed by atoms with Crippen molar-refractivity contribution in [2.45, 2.75) is 26.3 Å². The molecule has 0 aliphatic carbocycles. The molecule has 4 rings (SSSR count). The molecule has 0 radical (unpaired) electrons. The fourth-order valence-corrected chi connectivity index (χ4v) is 2.86. The Morgan fingerprint density at radius 1 is 1.22 bits per heavy atom. The first kappa shape index (κ1) is 17.1. The molecule has 2 aromatic heterocycles. The van der Waals surface area contributed by atoms with Crippen LogP contribution in [0.1, 0.15) is 30.3 Å². The number of hydrogen-bond acceptors (Lipinski definition) is 7. The van der Waals surface area contributed by atoms with Gasteiger partial charge < -0.3 is 23.3 Å². The standard InChI is InChI=1S/C19H19N3O5/c1-12(2)22(19(23)15-4-3-9-24-15)8-7-17-20-18(21-27-17)13-5-6-14-16(10-13)26-11-25-14/h3-6,9-10,12H,7-8,11H2,1-2H3. The maximum atomic E-state index is 12.5. The van der Waals surface area contributed by atoms with Crippen LogP contribution in [-0.2, 0) is 6.42 Å². The molecule has 27 heavy (non-hydrogen) atoms. The first-order valence-electron chi connectivity index (χ1n) is 8.69. The molecule has 1 aliphatic rings. The molecule has 0 spiro atoms. The Kier molecular flexibility index (Phi) is 4.53. The highest BCUT2D eigenvalue weighted by molar-refractivity contribution is 5.91. The lowest BCUT2D eigenvalue weighted by atomic mass is 10.2. The lowest BCUT2D eigenvalue weighted by Crippen LogP contribution is -2.38.